The second kappa shape index (κ2) is 7.92. The molecule has 0 spiro atoms. The first-order valence-corrected chi connectivity index (χ1v) is 10.8. The van der Waals surface area contributed by atoms with Crippen LogP contribution in [0.4, 0.5) is 0 Å². The maximum absolute atomic E-state index is 12.8. The summed E-state index contributed by atoms with van der Waals surface area (Å²) in [6.07, 6.45) is 3.28. The highest BCUT2D eigenvalue weighted by Gasteiger charge is 2.50. The molecular formula is C23H26INO2. The Hall–Kier alpha value is -1.40. The molecule has 2 saturated heterocycles. The molecule has 2 aliphatic heterocycles. The molecule has 0 unspecified atom stereocenters. The third kappa shape index (κ3) is 3.66. The van der Waals surface area contributed by atoms with Gasteiger partial charge in [0.15, 0.2) is 0 Å². The number of benzene rings is 2. The molecule has 0 aliphatic carbocycles. The predicted molar refractivity (Wildman–Crippen MR) is 116 cm³/mol. The molecule has 3 nitrogen and oxygen atoms in total. The lowest BCUT2D eigenvalue weighted by Gasteiger charge is -2.44. The molecule has 2 heterocycles. The summed E-state index contributed by atoms with van der Waals surface area (Å²) in [5, 5.41) is 0. The summed E-state index contributed by atoms with van der Waals surface area (Å²) in [5.74, 6) is 0.108. The Labute approximate surface area is 175 Å². The lowest BCUT2D eigenvalue weighted by molar-refractivity contribution is -0.150. The van der Waals surface area contributed by atoms with E-state index in [4.69, 9.17) is 4.74 Å². The number of carbonyl (C=O) groups excluding carboxylic acids is 1. The monoisotopic (exact) mass is 475 g/mol. The number of hydrogen-bond donors (Lipinski definition) is 0. The normalized spacial score (nSPS) is 27.5. The standard InChI is InChI=1S/C23H26INO2/c1-15-5-3-4-6-17(15)14-25-19-11-12-21(25)22(23(26)27-2)20(13-19)16-7-9-18(24)10-8-16/h3-10,19-22H,11-14H2,1-2H3/t19-,20+,21+,22-/m0/s1. The van der Waals surface area contributed by atoms with Gasteiger partial charge in [-0.25, -0.2) is 0 Å². The van der Waals surface area contributed by atoms with E-state index in [-0.39, 0.29) is 23.8 Å². The van der Waals surface area contributed by atoms with E-state index in [2.05, 4.69) is 82.9 Å². The largest absolute Gasteiger partial charge is 0.469 e. The molecule has 2 fully saturated rings. The Bertz CT molecular complexity index is 819. The maximum atomic E-state index is 12.8. The van der Waals surface area contributed by atoms with Crippen LogP contribution in [0, 0.1) is 16.4 Å². The second-order valence-corrected chi connectivity index (χ2v) is 9.09. The van der Waals surface area contributed by atoms with Crippen LogP contribution in [0.3, 0.4) is 0 Å². The van der Waals surface area contributed by atoms with E-state index in [1.807, 2.05) is 0 Å². The van der Waals surface area contributed by atoms with Crippen LogP contribution >= 0.6 is 22.6 Å². The quantitative estimate of drug-likeness (QED) is 0.465. The van der Waals surface area contributed by atoms with Gasteiger partial charge in [0.1, 0.15) is 0 Å². The molecule has 4 rings (SSSR count). The predicted octanol–water partition coefficient (Wildman–Crippen LogP) is 4.91. The number of rotatable bonds is 4. The summed E-state index contributed by atoms with van der Waals surface area (Å²) in [6, 6.07) is 18.1. The number of aryl methyl sites for hydroxylation is 1. The molecule has 4 heteroatoms. The Morgan fingerprint density at radius 3 is 2.59 bits per heavy atom. The van der Waals surface area contributed by atoms with Crippen LogP contribution < -0.4 is 0 Å². The van der Waals surface area contributed by atoms with Crippen molar-refractivity contribution in [1.82, 2.24) is 4.90 Å². The van der Waals surface area contributed by atoms with E-state index < -0.39 is 0 Å². The SMILES string of the molecule is COC(=O)[C@H]1[C@@H](c2ccc(I)cc2)C[C@@H]2CC[C@H]1N2Cc1ccccc1C. The number of esters is 1. The molecule has 4 atom stereocenters. The van der Waals surface area contributed by atoms with Gasteiger partial charge in [0, 0.05) is 28.1 Å². The van der Waals surface area contributed by atoms with Gasteiger partial charge in [0.05, 0.1) is 13.0 Å². The summed E-state index contributed by atoms with van der Waals surface area (Å²) in [4.78, 5) is 15.4. The molecule has 27 heavy (non-hydrogen) atoms. The number of halogens is 1. The molecule has 2 aromatic carbocycles. The van der Waals surface area contributed by atoms with Crippen molar-refractivity contribution in [2.24, 2.45) is 5.92 Å². The van der Waals surface area contributed by atoms with Gasteiger partial charge in [-0.05, 0) is 77.6 Å². The molecule has 2 aliphatic rings. The van der Waals surface area contributed by atoms with Crippen molar-refractivity contribution in [2.75, 3.05) is 7.11 Å². The average Bonchev–Trinajstić information content (AvgIpc) is 2.94. The number of carbonyl (C=O) groups is 1. The summed E-state index contributed by atoms with van der Waals surface area (Å²) >= 11 is 2.33. The van der Waals surface area contributed by atoms with E-state index >= 15 is 0 Å². The lowest BCUT2D eigenvalue weighted by Crippen LogP contribution is -2.50. The minimum Gasteiger partial charge on any atom is -0.469 e. The molecule has 0 saturated carbocycles. The van der Waals surface area contributed by atoms with Crippen molar-refractivity contribution in [3.63, 3.8) is 0 Å². The number of nitrogens with zero attached hydrogens (tertiary/aromatic N) is 1. The first-order chi connectivity index (χ1) is 13.1. The first-order valence-electron chi connectivity index (χ1n) is 9.72. The molecule has 142 valence electrons. The van der Waals surface area contributed by atoms with E-state index in [1.165, 1.54) is 33.8 Å². The van der Waals surface area contributed by atoms with Gasteiger partial charge in [-0.2, -0.15) is 0 Å². The Kier molecular flexibility index (Phi) is 5.55. The van der Waals surface area contributed by atoms with Crippen LogP contribution in [0.15, 0.2) is 48.5 Å². The van der Waals surface area contributed by atoms with Crippen LogP contribution in [0.2, 0.25) is 0 Å². The fourth-order valence-corrected chi connectivity index (χ4v) is 5.41. The van der Waals surface area contributed by atoms with Gasteiger partial charge >= 0.3 is 5.97 Å². The van der Waals surface area contributed by atoms with Crippen LogP contribution in [-0.2, 0) is 16.1 Å². The highest BCUT2D eigenvalue weighted by molar-refractivity contribution is 14.1. The molecule has 0 aromatic heterocycles. The number of piperidine rings is 1. The Morgan fingerprint density at radius 2 is 1.89 bits per heavy atom. The summed E-state index contributed by atoms with van der Waals surface area (Å²) < 4.78 is 6.50. The van der Waals surface area contributed by atoms with Crippen molar-refractivity contribution in [3.05, 3.63) is 68.8 Å². The van der Waals surface area contributed by atoms with Crippen LogP contribution in [0.5, 0.6) is 0 Å². The van der Waals surface area contributed by atoms with Crippen molar-refractivity contribution < 1.29 is 9.53 Å². The summed E-state index contributed by atoms with van der Waals surface area (Å²) in [7, 11) is 1.53. The van der Waals surface area contributed by atoms with E-state index in [9.17, 15) is 4.79 Å². The Balaban J connectivity index is 1.65. The lowest BCUT2D eigenvalue weighted by atomic mass is 9.76. The topological polar surface area (TPSA) is 29.5 Å². The smallest absolute Gasteiger partial charge is 0.310 e. The third-order valence-corrected chi connectivity index (χ3v) is 7.17. The highest BCUT2D eigenvalue weighted by atomic mass is 127. The van der Waals surface area contributed by atoms with Crippen LogP contribution in [0.1, 0.15) is 41.9 Å². The number of methoxy groups -OCH3 is 1. The first kappa shape index (κ1) is 18.9. The van der Waals surface area contributed by atoms with Crippen molar-refractivity contribution in [1.29, 1.82) is 0 Å². The zero-order valence-corrected chi connectivity index (χ0v) is 18.1. The second-order valence-electron chi connectivity index (χ2n) is 7.84. The van der Waals surface area contributed by atoms with Crippen molar-refractivity contribution in [3.8, 4) is 0 Å². The van der Waals surface area contributed by atoms with Gasteiger partial charge in [-0.1, -0.05) is 36.4 Å². The maximum Gasteiger partial charge on any atom is 0.310 e. The van der Waals surface area contributed by atoms with Crippen LogP contribution in [0.25, 0.3) is 0 Å². The molecule has 0 radical (unpaired) electrons. The number of fused-ring (bicyclic) bond motifs is 2. The van der Waals surface area contributed by atoms with E-state index in [1.54, 1.807) is 0 Å². The fourth-order valence-electron chi connectivity index (χ4n) is 5.05. The van der Waals surface area contributed by atoms with E-state index in [0.717, 1.165) is 19.4 Å². The molecule has 0 amide bonds. The van der Waals surface area contributed by atoms with Crippen LogP contribution in [-0.4, -0.2) is 30.1 Å². The minimum atomic E-state index is -0.0853. The van der Waals surface area contributed by atoms with Gasteiger partial charge in [-0.15, -0.1) is 0 Å². The molecular weight excluding hydrogens is 449 g/mol. The zero-order valence-electron chi connectivity index (χ0n) is 15.9. The van der Waals surface area contributed by atoms with E-state index in [0.29, 0.717) is 6.04 Å². The van der Waals surface area contributed by atoms with Gasteiger partial charge < -0.3 is 4.74 Å². The van der Waals surface area contributed by atoms with Gasteiger partial charge in [-0.3, -0.25) is 9.69 Å². The molecule has 2 bridgehead atoms. The fraction of sp³-hybridized carbons (Fsp3) is 0.435. The number of ether oxygens (including phenoxy) is 1. The molecule has 2 aromatic rings. The minimum absolute atomic E-state index is 0.0568. The highest BCUT2D eigenvalue weighted by Crippen LogP contribution is 2.48. The number of hydrogen-bond acceptors (Lipinski definition) is 3. The summed E-state index contributed by atoms with van der Waals surface area (Å²) in [5.41, 5.74) is 3.97. The molecule has 0 N–H and O–H groups in total. The van der Waals surface area contributed by atoms with Gasteiger partial charge in [0.25, 0.3) is 0 Å². The average molecular weight is 475 g/mol. The van der Waals surface area contributed by atoms with Crippen molar-refractivity contribution in [2.45, 2.75) is 50.7 Å². The third-order valence-electron chi connectivity index (χ3n) is 6.45. The zero-order chi connectivity index (χ0) is 19.0. The van der Waals surface area contributed by atoms with Gasteiger partial charge in [0.2, 0.25) is 0 Å². The summed E-state index contributed by atoms with van der Waals surface area (Å²) in [6.45, 7) is 3.10. The Morgan fingerprint density at radius 1 is 1.15 bits per heavy atom. The van der Waals surface area contributed by atoms with Crippen molar-refractivity contribution >= 4 is 28.6 Å².